The normalized spacial score (nSPS) is 18.9. The lowest BCUT2D eigenvalue weighted by molar-refractivity contribution is -0.384. The summed E-state index contributed by atoms with van der Waals surface area (Å²) < 4.78 is 10.9. The molecule has 1 saturated carbocycles. The van der Waals surface area contributed by atoms with E-state index in [1.807, 2.05) is 0 Å². The minimum atomic E-state index is -0.534. The number of hydrogen-bond acceptors (Lipinski definition) is 6. The highest BCUT2D eigenvalue weighted by Crippen LogP contribution is 2.30. The summed E-state index contributed by atoms with van der Waals surface area (Å²) in [6.07, 6.45) is 3.26. The molecule has 0 heterocycles. The Kier molecular flexibility index (Phi) is 6.10. The number of benzene rings is 2. The SMILES string of the molecule is COc1ccc(Oc2ccc([N+](=O)[O-])cc2C(=O)NC2CCC(N)CC2)cc1. The summed E-state index contributed by atoms with van der Waals surface area (Å²) in [4.78, 5) is 23.4. The average molecular weight is 385 g/mol. The fourth-order valence-corrected chi connectivity index (χ4v) is 3.20. The molecule has 0 saturated heterocycles. The van der Waals surface area contributed by atoms with Gasteiger partial charge in [0.15, 0.2) is 0 Å². The first-order valence-electron chi connectivity index (χ1n) is 9.13. The van der Waals surface area contributed by atoms with Crippen LogP contribution in [0.25, 0.3) is 0 Å². The van der Waals surface area contributed by atoms with Crippen LogP contribution in [0, 0.1) is 10.1 Å². The average Bonchev–Trinajstić information content (AvgIpc) is 2.70. The third kappa shape index (κ3) is 4.77. The van der Waals surface area contributed by atoms with Gasteiger partial charge < -0.3 is 20.5 Å². The van der Waals surface area contributed by atoms with Gasteiger partial charge in [0.05, 0.1) is 17.6 Å². The minimum absolute atomic E-state index is 0.000369. The second-order valence-corrected chi connectivity index (χ2v) is 6.80. The lowest BCUT2D eigenvalue weighted by Gasteiger charge is -2.27. The molecular formula is C20H23N3O5. The van der Waals surface area contributed by atoms with E-state index in [1.54, 1.807) is 31.4 Å². The Balaban J connectivity index is 1.82. The Hall–Kier alpha value is -3.13. The number of methoxy groups -OCH3 is 1. The van der Waals surface area contributed by atoms with Crippen molar-refractivity contribution in [1.82, 2.24) is 5.32 Å². The number of carbonyl (C=O) groups is 1. The van der Waals surface area contributed by atoms with Crippen LogP contribution in [0.4, 0.5) is 5.69 Å². The predicted octanol–water partition coefficient (Wildman–Crippen LogP) is 3.40. The highest BCUT2D eigenvalue weighted by atomic mass is 16.6. The van der Waals surface area contributed by atoms with Gasteiger partial charge in [-0.15, -0.1) is 0 Å². The molecule has 8 heteroatoms. The Morgan fingerprint density at radius 3 is 2.36 bits per heavy atom. The molecule has 0 atom stereocenters. The number of nitro groups is 1. The molecule has 0 bridgehead atoms. The maximum absolute atomic E-state index is 12.8. The van der Waals surface area contributed by atoms with Crippen molar-refractivity contribution in [3.63, 3.8) is 0 Å². The standard InChI is InChI=1S/C20H23N3O5/c1-27-16-7-9-17(10-8-16)28-19-11-6-15(23(25)26)12-18(19)20(24)22-14-4-2-13(21)3-5-14/h6-14H,2-5,21H2,1H3,(H,22,24). The van der Waals surface area contributed by atoms with Crippen molar-refractivity contribution in [2.24, 2.45) is 5.73 Å². The van der Waals surface area contributed by atoms with Crippen LogP contribution in [-0.4, -0.2) is 30.0 Å². The molecule has 1 aliphatic rings. The number of nitro benzene ring substituents is 1. The van der Waals surface area contributed by atoms with Crippen LogP contribution in [0.5, 0.6) is 17.2 Å². The van der Waals surface area contributed by atoms with Crippen LogP contribution in [0.15, 0.2) is 42.5 Å². The van der Waals surface area contributed by atoms with Crippen LogP contribution >= 0.6 is 0 Å². The summed E-state index contributed by atoms with van der Waals surface area (Å²) in [5.41, 5.74) is 5.86. The van der Waals surface area contributed by atoms with Crippen molar-refractivity contribution >= 4 is 11.6 Å². The first-order valence-corrected chi connectivity index (χ1v) is 9.13. The predicted molar refractivity (Wildman–Crippen MR) is 104 cm³/mol. The molecule has 28 heavy (non-hydrogen) atoms. The van der Waals surface area contributed by atoms with Crippen molar-refractivity contribution in [3.8, 4) is 17.2 Å². The second-order valence-electron chi connectivity index (χ2n) is 6.80. The van der Waals surface area contributed by atoms with Crippen LogP contribution in [0.1, 0.15) is 36.0 Å². The zero-order chi connectivity index (χ0) is 20.1. The van der Waals surface area contributed by atoms with Gasteiger partial charge in [-0.25, -0.2) is 0 Å². The van der Waals surface area contributed by atoms with Crippen molar-refractivity contribution in [1.29, 1.82) is 0 Å². The third-order valence-corrected chi connectivity index (χ3v) is 4.81. The number of nitrogens with two attached hydrogens (primary N) is 1. The van der Waals surface area contributed by atoms with Crippen LogP contribution in [0.2, 0.25) is 0 Å². The number of amides is 1. The zero-order valence-corrected chi connectivity index (χ0v) is 15.6. The molecule has 2 aromatic rings. The number of hydrogen-bond donors (Lipinski definition) is 2. The highest BCUT2D eigenvalue weighted by molar-refractivity contribution is 5.97. The van der Waals surface area contributed by atoms with Gasteiger partial charge in [-0.2, -0.15) is 0 Å². The van der Waals surface area contributed by atoms with Gasteiger partial charge >= 0.3 is 0 Å². The Bertz CT molecular complexity index is 845. The quantitative estimate of drug-likeness (QED) is 0.581. The number of carbonyl (C=O) groups excluding carboxylic acids is 1. The van der Waals surface area contributed by atoms with Crippen LogP contribution in [-0.2, 0) is 0 Å². The number of non-ortho nitro benzene ring substituents is 1. The lowest BCUT2D eigenvalue weighted by Crippen LogP contribution is -2.40. The van der Waals surface area contributed by atoms with Gasteiger partial charge in [0.2, 0.25) is 0 Å². The summed E-state index contributed by atoms with van der Waals surface area (Å²) >= 11 is 0. The summed E-state index contributed by atoms with van der Waals surface area (Å²) in [5.74, 6) is 1.02. The summed E-state index contributed by atoms with van der Waals surface area (Å²) in [6.45, 7) is 0. The first-order chi connectivity index (χ1) is 13.5. The van der Waals surface area contributed by atoms with Gasteiger partial charge in [0.25, 0.3) is 11.6 Å². The summed E-state index contributed by atoms with van der Waals surface area (Å²) in [7, 11) is 1.56. The number of rotatable bonds is 6. The second kappa shape index (κ2) is 8.71. The van der Waals surface area contributed by atoms with Crippen LogP contribution in [0.3, 0.4) is 0 Å². The van der Waals surface area contributed by atoms with Gasteiger partial charge in [0.1, 0.15) is 17.2 Å². The summed E-state index contributed by atoms with van der Waals surface area (Å²) in [5, 5.41) is 14.1. The maximum Gasteiger partial charge on any atom is 0.270 e. The highest BCUT2D eigenvalue weighted by Gasteiger charge is 2.24. The summed E-state index contributed by atoms with van der Waals surface area (Å²) in [6, 6.07) is 11.0. The zero-order valence-electron chi connectivity index (χ0n) is 15.6. The van der Waals surface area contributed by atoms with Gasteiger partial charge in [-0.05, 0) is 56.0 Å². The molecule has 148 valence electrons. The van der Waals surface area contributed by atoms with Gasteiger partial charge in [-0.3, -0.25) is 14.9 Å². The third-order valence-electron chi connectivity index (χ3n) is 4.81. The number of nitrogens with zero attached hydrogens (tertiary/aromatic N) is 1. The van der Waals surface area contributed by atoms with E-state index in [-0.39, 0.29) is 29.1 Å². The Labute approximate surface area is 162 Å². The first kappa shape index (κ1) is 19.6. The molecule has 0 spiro atoms. The minimum Gasteiger partial charge on any atom is -0.497 e. The van der Waals surface area contributed by atoms with E-state index in [0.717, 1.165) is 25.7 Å². The molecule has 8 nitrogen and oxygen atoms in total. The monoisotopic (exact) mass is 385 g/mol. The topological polar surface area (TPSA) is 117 Å². The van der Waals surface area contributed by atoms with E-state index < -0.39 is 10.8 Å². The van der Waals surface area contributed by atoms with E-state index in [2.05, 4.69) is 5.32 Å². The maximum atomic E-state index is 12.8. The van der Waals surface area contributed by atoms with Crippen molar-refractivity contribution in [2.75, 3.05) is 7.11 Å². The van der Waals surface area contributed by atoms with Crippen LogP contribution < -0.4 is 20.5 Å². The molecule has 1 aliphatic carbocycles. The Morgan fingerprint density at radius 1 is 1.11 bits per heavy atom. The molecule has 1 fully saturated rings. The van der Waals surface area contributed by atoms with E-state index in [1.165, 1.54) is 18.2 Å². The largest absolute Gasteiger partial charge is 0.497 e. The molecule has 0 unspecified atom stereocenters. The fourth-order valence-electron chi connectivity index (χ4n) is 3.20. The fraction of sp³-hybridized carbons (Fsp3) is 0.350. The smallest absolute Gasteiger partial charge is 0.270 e. The van der Waals surface area contributed by atoms with E-state index in [4.69, 9.17) is 15.2 Å². The van der Waals surface area contributed by atoms with Gasteiger partial charge in [0, 0.05) is 24.2 Å². The molecule has 3 rings (SSSR count). The molecule has 3 N–H and O–H groups in total. The number of ether oxygens (including phenoxy) is 2. The van der Waals surface area contributed by atoms with E-state index in [9.17, 15) is 14.9 Å². The van der Waals surface area contributed by atoms with Crippen molar-refractivity contribution in [3.05, 3.63) is 58.1 Å². The molecule has 1 amide bonds. The van der Waals surface area contributed by atoms with Crippen molar-refractivity contribution in [2.45, 2.75) is 37.8 Å². The lowest BCUT2D eigenvalue weighted by atomic mass is 9.91. The Morgan fingerprint density at radius 2 is 1.75 bits per heavy atom. The molecule has 0 radical (unpaired) electrons. The van der Waals surface area contributed by atoms with Gasteiger partial charge in [-0.1, -0.05) is 0 Å². The van der Waals surface area contributed by atoms with E-state index >= 15 is 0 Å². The molecule has 0 aliphatic heterocycles. The molecular weight excluding hydrogens is 362 g/mol. The van der Waals surface area contributed by atoms with Crippen molar-refractivity contribution < 1.29 is 19.2 Å². The molecule has 0 aromatic heterocycles. The van der Waals surface area contributed by atoms with E-state index in [0.29, 0.717) is 11.5 Å². The number of nitrogens with one attached hydrogen (secondary N) is 1. The molecule has 2 aromatic carbocycles.